The molecule has 0 fully saturated rings. The molecule has 2 aromatic heterocycles. The van der Waals surface area contributed by atoms with Gasteiger partial charge in [0.05, 0.1) is 16.6 Å². The Morgan fingerprint density at radius 3 is 1.69 bits per heavy atom. The van der Waals surface area contributed by atoms with Crippen molar-refractivity contribution in [2.24, 2.45) is 0 Å². The van der Waals surface area contributed by atoms with Crippen molar-refractivity contribution in [1.82, 2.24) is 9.13 Å². The maximum absolute atomic E-state index is 2.48. The second-order valence-corrected chi connectivity index (χ2v) is 14.1. The molecule has 9 rings (SSSR count). The smallest absolute Gasteiger partial charge is 0.154 e. The molecule has 0 saturated carbocycles. The minimum atomic E-state index is -1.14. The van der Waals surface area contributed by atoms with E-state index in [-0.39, 0.29) is 0 Å². The van der Waals surface area contributed by atoms with Crippen LogP contribution in [-0.4, -0.2) is 17.9 Å². The molecule has 2 heterocycles. The first-order valence-electron chi connectivity index (χ1n) is 15.5. The van der Waals surface area contributed by atoms with Crippen LogP contribution in [-0.2, 0) is 0 Å². The highest BCUT2D eigenvalue weighted by Gasteiger charge is 2.21. The molecule has 0 saturated heterocycles. The number of aromatic nitrogens is 2. The Balaban J connectivity index is 1.29. The SMILES string of the molecule is c1ccc(-n2ccc3c4c(ccc5c6ccccc6n(-c6ccc([Si](c7ccccc7)c7ccccc7)cc6)c54)ccc32)cc1. The number of hydrogen-bond donors (Lipinski definition) is 0. The largest absolute Gasteiger partial charge is 0.317 e. The molecule has 0 aliphatic carbocycles. The zero-order valence-corrected chi connectivity index (χ0v) is 25.6. The van der Waals surface area contributed by atoms with Crippen LogP contribution in [0.1, 0.15) is 0 Å². The normalized spacial score (nSPS) is 11.8. The summed E-state index contributed by atoms with van der Waals surface area (Å²) in [6, 6.07) is 62.2. The summed E-state index contributed by atoms with van der Waals surface area (Å²) in [5, 5.41) is 10.5. The lowest BCUT2D eigenvalue weighted by atomic mass is 10.0. The van der Waals surface area contributed by atoms with Crippen LogP contribution in [0.4, 0.5) is 0 Å². The van der Waals surface area contributed by atoms with Crippen LogP contribution in [0.15, 0.2) is 176 Å². The van der Waals surface area contributed by atoms with Crippen molar-refractivity contribution in [2.45, 2.75) is 0 Å². The van der Waals surface area contributed by atoms with Crippen LogP contribution in [0.3, 0.4) is 0 Å². The summed E-state index contributed by atoms with van der Waals surface area (Å²) in [4.78, 5) is 0. The number of fused-ring (bicyclic) bond motifs is 7. The van der Waals surface area contributed by atoms with Crippen LogP contribution in [0, 0.1) is 0 Å². The number of benzene rings is 7. The fourth-order valence-corrected chi connectivity index (χ4v) is 9.61. The van der Waals surface area contributed by atoms with Crippen molar-refractivity contribution in [3.05, 3.63) is 176 Å². The van der Waals surface area contributed by atoms with Gasteiger partial charge in [-0.2, -0.15) is 0 Å². The third kappa shape index (κ3) is 4.16. The van der Waals surface area contributed by atoms with Crippen molar-refractivity contribution < 1.29 is 0 Å². The molecule has 0 N–H and O–H groups in total. The maximum Gasteiger partial charge on any atom is 0.154 e. The van der Waals surface area contributed by atoms with Gasteiger partial charge in [0.15, 0.2) is 8.80 Å². The van der Waals surface area contributed by atoms with E-state index in [1.54, 1.807) is 0 Å². The average molecular weight is 590 g/mol. The molecule has 45 heavy (non-hydrogen) atoms. The van der Waals surface area contributed by atoms with Gasteiger partial charge >= 0.3 is 0 Å². The van der Waals surface area contributed by atoms with E-state index in [0.29, 0.717) is 0 Å². The van der Waals surface area contributed by atoms with Gasteiger partial charge in [-0.3, -0.25) is 0 Å². The minimum Gasteiger partial charge on any atom is -0.317 e. The number of para-hydroxylation sites is 2. The first-order valence-corrected chi connectivity index (χ1v) is 17.0. The fourth-order valence-electron chi connectivity index (χ4n) is 7.06. The molecule has 0 aliphatic rings. The van der Waals surface area contributed by atoms with Crippen molar-refractivity contribution in [1.29, 1.82) is 0 Å². The Hall–Kier alpha value is -5.64. The predicted molar refractivity (Wildman–Crippen MR) is 193 cm³/mol. The number of nitrogens with zero attached hydrogens (tertiary/aromatic N) is 2. The molecule has 0 atom stereocenters. The van der Waals surface area contributed by atoms with Crippen LogP contribution in [0.25, 0.3) is 54.9 Å². The monoisotopic (exact) mass is 589 g/mol. The molecule has 0 spiro atoms. The highest BCUT2D eigenvalue weighted by molar-refractivity contribution is 6.95. The second-order valence-electron chi connectivity index (χ2n) is 11.6. The van der Waals surface area contributed by atoms with E-state index in [4.69, 9.17) is 0 Å². The Bertz CT molecular complexity index is 2420. The number of hydrogen-bond acceptors (Lipinski definition) is 0. The lowest BCUT2D eigenvalue weighted by Crippen LogP contribution is -2.51. The lowest BCUT2D eigenvalue weighted by molar-refractivity contribution is 1.13. The van der Waals surface area contributed by atoms with Gasteiger partial charge in [-0.1, -0.05) is 143 Å². The van der Waals surface area contributed by atoms with Crippen molar-refractivity contribution in [3.8, 4) is 11.4 Å². The molecule has 0 amide bonds. The van der Waals surface area contributed by atoms with Gasteiger partial charge in [0.25, 0.3) is 0 Å². The Labute approximate surface area is 263 Å². The summed E-state index contributed by atoms with van der Waals surface area (Å²) < 4.78 is 4.78. The van der Waals surface area contributed by atoms with Crippen molar-refractivity contribution in [2.75, 3.05) is 0 Å². The summed E-state index contributed by atoms with van der Waals surface area (Å²) in [5.74, 6) is 0. The van der Waals surface area contributed by atoms with Gasteiger partial charge < -0.3 is 9.13 Å². The molecule has 3 heteroatoms. The van der Waals surface area contributed by atoms with E-state index in [1.807, 2.05) is 0 Å². The van der Waals surface area contributed by atoms with E-state index >= 15 is 0 Å². The van der Waals surface area contributed by atoms with Crippen LogP contribution in [0.5, 0.6) is 0 Å². The van der Waals surface area contributed by atoms with Gasteiger partial charge in [0.1, 0.15) is 0 Å². The lowest BCUT2D eigenvalue weighted by Gasteiger charge is -2.18. The van der Waals surface area contributed by atoms with Crippen molar-refractivity contribution in [3.63, 3.8) is 0 Å². The Kier molecular flexibility index (Phi) is 6.03. The zero-order chi connectivity index (χ0) is 29.7. The Morgan fingerprint density at radius 2 is 0.978 bits per heavy atom. The van der Waals surface area contributed by atoms with Crippen LogP contribution < -0.4 is 15.6 Å². The standard InChI is InChI=1S/C42H29N2Si/c1-4-12-31(13-5-1)43-29-28-38-39(43)27-21-30-20-26-37-36-18-10-11-19-40(36)44(42(37)41(30)38)32-22-24-35(25-23-32)45(33-14-6-2-7-15-33)34-16-8-3-9-17-34/h1-29H. The fraction of sp³-hybridized carbons (Fsp3) is 0. The van der Waals surface area contributed by atoms with Gasteiger partial charge in [0, 0.05) is 39.1 Å². The third-order valence-electron chi connectivity index (χ3n) is 9.06. The highest BCUT2D eigenvalue weighted by Crippen LogP contribution is 2.40. The van der Waals surface area contributed by atoms with Gasteiger partial charge in [-0.05, 0) is 47.9 Å². The van der Waals surface area contributed by atoms with Gasteiger partial charge in [-0.25, -0.2) is 0 Å². The minimum absolute atomic E-state index is 1.14. The summed E-state index contributed by atoms with van der Waals surface area (Å²) in [6.45, 7) is 0. The predicted octanol–water partition coefficient (Wildman–Crippen LogP) is 8.40. The summed E-state index contributed by atoms with van der Waals surface area (Å²) >= 11 is 0. The van der Waals surface area contributed by atoms with Crippen LogP contribution >= 0.6 is 0 Å². The van der Waals surface area contributed by atoms with E-state index in [2.05, 4.69) is 185 Å². The molecule has 211 valence electrons. The molecular weight excluding hydrogens is 561 g/mol. The zero-order valence-electron chi connectivity index (χ0n) is 24.6. The maximum atomic E-state index is 2.48. The molecule has 7 aromatic carbocycles. The Morgan fingerprint density at radius 1 is 0.378 bits per heavy atom. The van der Waals surface area contributed by atoms with E-state index < -0.39 is 8.80 Å². The second kappa shape index (κ2) is 10.5. The third-order valence-corrected chi connectivity index (χ3v) is 11.8. The van der Waals surface area contributed by atoms with E-state index in [1.165, 1.54) is 70.4 Å². The highest BCUT2D eigenvalue weighted by atomic mass is 28.3. The van der Waals surface area contributed by atoms with Crippen LogP contribution in [0.2, 0.25) is 0 Å². The molecule has 0 aliphatic heterocycles. The van der Waals surface area contributed by atoms with Crippen molar-refractivity contribution >= 4 is 67.8 Å². The first-order chi connectivity index (χ1) is 22.3. The molecule has 0 bridgehead atoms. The summed E-state index contributed by atoms with van der Waals surface area (Å²) in [5.41, 5.74) is 6.05. The number of rotatable bonds is 5. The molecule has 9 aromatic rings. The van der Waals surface area contributed by atoms with E-state index in [0.717, 1.165) is 0 Å². The van der Waals surface area contributed by atoms with Gasteiger partial charge in [0.2, 0.25) is 0 Å². The molecule has 2 nitrogen and oxygen atoms in total. The molecule has 1 radical (unpaired) electrons. The first kappa shape index (κ1) is 25.8. The molecule has 0 unspecified atom stereocenters. The van der Waals surface area contributed by atoms with Gasteiger partial charge in [-0.15, -0.1) is 0 Å². The summed E-state index contributed by atoms with van der Waals surface area (Å²) in [7, 11) is -1.14. The topological polar surface area (TPSA) is 9.86 Å². The quantitative estimate of drug-likeness (QED) is 0.141. The molecular formula is C42H29N2Si. The summed E-state index contributed by atoms with van der Waals surface area (Å²) in [6.07, 6.45) is 2.21. The van der Waals surface area contributed by atoms with E-state index in [9.17, 15) is 0 Å². The average Bonchev–Trinajstić information content (AvgIpc) is 3.70.